The van der Waals surface area contributed by atoms with Crippen molar-refractivity contribution in [2.45, 2.75) is 19.5 Å². The Morgan fingerprint density at radius 2 is 1.92 bits per heavy atom. The molecule has 0 aliphatic heterocycles. The monoisotopic (exact) mass is 346 g/mol. The van der Waals surface area contributed by atoms with Crippen molar-refractivity contribution in [3.8, 4) is 11.5 Å². The summed E-state index contributed by atoms with van der Waals surface area (Å²) in [7, 11) is 0. The summed E-state index contributed by atoms with van der Waals surface area (Å²) >= 11 is 0. The van der Waals surface area contributed by atoms with Crippen molar-refractivity contribution in [2.24, 2.45) is 0 Å². The first-order chi connectivity index (χ1) is 12.7. The summed E-state index contributed by atoms with van der Waals surface area (Å²) in [5.74, 6) is 0.445. The van der Waals surface area contributed by atoms with Gasteiger partial charge in [0.1, 0.15) is 12.3 Å². The third kappa shape index (κ3) is 3.09. The van der Waals surface area contributed by atoms with E-state index in [4.69, 9.17) is 4.42 Å². The van der Waals surface area contributed by atoms with Gasteiger partial charge < -0.3 is 14.3 Å². The van der Waals surface area contributed by atoms with E-state index in [0.29, 0.717) is 18.1 Å². The van der Waals surface area contributed by atoms with E-state index in [1.165, 1.54) is 0 Å². The molecule has 0 fully saturated rings. The number of benzene rings is 2. The van der Waals surface area contributed by atoms with Crippen molar-refractivity contribution in [3.05, 3.63) is 72.9 Å². The average molecular weight is 346 g/mol. The number of fused-ring (bicyclic) bond motifs is 1. The summed E-state index contributed by atoms with van der Waals surface area (Å²) < 4.78 is 7.36. The van der Waals surface area contributed by atoms with E-state index in [9.17, 15) is 4.79 Å². The maximum Gasteiger partial charge on any atom is 0.243 e. The molecule has 4 aromatic rings. The van der Waals surface area contributed by atoms with Gasteiger partial charge in [-0.1, -0.05) is 30.3 Å². The molecule has 26 heavy (non-hydrogen) atoms. The van der Waals surface area contributed by atoms with Crippen LogP contribution >= 0.6 is 0 Å². The van der Waals surface area contributed by atoms with Crippen molar-refractivity contribution in [1.82, 2.24) is 19.9 Å². The van der Waals surface area contributed by atoms with Gasteiger partial charge in [0.2, 0.25) is 11.8 Å². The Balaban J connectivity index is 1.43. The van der Waals surface area contributed by atoms with Crippen molar-refractivity contribution in [3.63, 3.8) is 0 Å². The van der Waals surface area contributed by atoms with Gasteiger partial charge >= 0.3 is 0 Å². The summed E-state index contributed by atoms with van der Waals surface area (Å²) in [6.45, 7) is 2.16. The van der Waals surface area contributed by atoms with Crippen LogP contribution in [0.15, 0.2) is 71.6 Å². The molecule has 1 amide bonds. The Labute approximate surface area is 150 Å². The van der Waals surface area contributed by atoms with E-state index in [1.54, 1.807) is 12.6 Å². The molecule has 0 radical (unpaired) electrons. The fourth-order valence-electron chi connectivity index (χ4n) is 2.84. The zero-order valence-corrected chi connectivity index (χ0v) is 14.3. The molecule has 0 saturated carbocycles. The standard InChI is InChI=1S/C20H18N4O2/c1-14(24-13-22-17-9-5-6-10-18(17)24)19(25)21-11-16-12-26-20(23-16)15-7-3-2-4-8-15/h2-10,12-14H,11H2,1H3,(H,21,25)/t14-/m1/s1. The number of nitrogens with zero attached hydrogens (tertiary/aromatic N) is 3. The van der Waals surface area contributed by atoms with Crippen LogP contribution in [0.25, 0.3) is 22.5 Å². The van der Waals surface area contributed by atoms with Crippen LogP contribution in [0.2, 0.25) is 0 Å². The smallest absolute Gasteiger partial charge is 0.243 e. The second kappa shape index (κ2) is 6.84. The van der Waals surface area contributed by atoms with E-state index >= 15 is 0 Å². The van der Waals surface area contributed by atoms with Gasteiger partial charge in [0.25, 0.3) is 0 Å². The molecule has 6 nitrogen and oxygen atoms in total. The van der Waals surface area contributed by atoms with Crippen molar-refractivity contribution in [1.29, 1.82) is 0 Å². The van der Waals surface area contributed by atoms with Crippen LogP contribution in [-0.4, -0.2) is 20.4 Å². The van der Waals surface area contributed by atoms with Crippen molar-refractivity contribution >= 4 is 16.9 Å². The van der Waals surface area contributed by atoms with Gasteiger partial charge in [-0.3, -0.25) is 4.79 Å². The van der Waals surface area contributed by atoms with Crippen LogP contribution in [0, 0.1) is 0 Å². The number of aromatic nitrogens is 3. The highest BCUT2D eigenvalue weighted by Gasteiger charge is 2.17. The van der Waals surface area contributed by atoms with E-state index in [1.807, 2.05) is 66.1 Å². The van der Waals surface area contributed by atoms with Crippen molar-refractivity contribution < 1.29 is 9.21 Å². The Hall–Kier alpha value is -3.41. The molecule has 0 aliphatic carbocycles. The molecule has 0 unspecified atom stereocenters. The maximum atomic E-state index is 12.5. The molecular weight excluding hydrogens is 328 g/mol. The highest BCUT2D eigenvalue weighted by Crippen LogP contribution is 2.19. The molecule has 0 bridgehead atoms. The Morgan fingerprint density at radius 1 is 1.15 bits per heavy atom. The molecule has 1 atom stereocenters. The summed E-state index contributed by atoms with van der Waals surface area (Å²) in [5, 5.41) is 2.91. The minimum Gasteiger partial charge on any atom is -0.444 e. The van der Waals surface area contributed by atoms with Crippen LogP contribution in [0.3, 0.4) is 0 Å². The number of para-hydroxylation sites is 2. The van der Waals surface area contributed by atoms with E-state index in [0.717, 1.165) is 16.6 Å². The van der Waals surface area contributed by atoms with E-state index in [2.05, 4.69) is 15.3 Å². The predicted octanol–water partition coefficient (Wildman–Crippen LogP) is 3.57. The first kappa shape index (κ1) is 16.1. The first-order valence-corrected chi connectivity index (χ1v) is 8.41. The number of imidazole rings is 1. The molecule has 130 valence electrons. The van der Waals surface area contributed by atoms with Gasteiger partial charge in [-0.05, 0) is 31.2 Å². The zero-order chi connectivity index (χ0) is 17.9. The van der Waals surface area contributed by atoms with Gasteiger partial charge in [-0.15, -0.1) is 0 Å². The average Bonchev–Trinajstić information content (AvgIpc) is 3.33. The molecule has 0 aliphatic rings. The lowest BCUT2D eigenvalue weighted by Gasteiger charge is -2.14. The molecule has 0 spiro atoms. The number of hydrogen-bond donors (Lipinski definition) is 1. The fraction of sp³-hybridized carbons (Fsp3) is 0.150. The summed E-state index contributed by atoms with van der Waals surface area (Å²) in [6.07, 6.45) is 3.26. The van der Waals surface area contributed by atoms with Crippen LogP contribution in [0.5, 0.6) is 0 Å². The molecule has 6 heteroatoms. The van der Waals surface area contributed by atoms with E-state index < -0.39 is 0 Å². The highest BCUT2D eigenvalue weighted by atomic mass is 16.3. The van der Waals surface area contributed by atoms with Crippen LogP contribution in [-0.2, 0) is 11.3 Å². The Morgan fingerprint density at radius 3 is 2.77 bits per heavy atom. The quantitative estimate of drug-likeness (QED) is 0.599. The fourth-order valence-corrected chi connectivity index (χ4v) is 2.84. The maximum absolute atomic E-state index is 12.5. The Kier molecular flexibility index (Phi) is 4.23. The summed E-state index contributed by atoms with van der Waals surface area (Å²) in [5.41, 5.74) is 3.39. The van der Waals surface area contributed by atoms with Crippen molar-refractivity contribution in [2.75, 3.05) is 0 Å². The summed E-state index contributed by atoms with van der Waals surface area (Å²) in [4.78, 5) is 21.3. The normalized spacial score (nSPS) is 12.2. The van der Waals surface area contributed by atoms with Gasteiger partial charge in [0, 0.05) is 5.56 Å². The number of nitrogens with one attached hydrogen (secondary N) is 1. The number of carbonyl (C=O) groups is 1. The number of amides is 1. The topological polar surface area (TPSA) is 73.0 Å². The second-order valence-corrected chi connectivity index (χ2v) is 6.04. The second-order valence-electron chi connectivity index (χ2n) is 6.04. The molecule has 0 saturated heterocycles. The molecule has 2 aromatic carbocycles. The third-order valence-corrected chi connectivity index (χ3v) is 4.29. The number of carbonyl (C=O) groups excluding carboxylic acids is 1. The highest BCUT2D eigenvalue weighted by molar-refractivity contribution is 5.83. The molecule has 2 aromatic heterocycles. The molecule has 4 rings (SSSR count). The van der Waals surface area contributed by atoms with Gasteiger partial charge in [-0.2, -0.15) is 0 Å². The lowest BCUT2D eigenvalue weighted by Crippen LogP contribution is -2.30. The van der Waals surface area contributed by atoms with Crippen LogP contribution in [0.1, 0.15) is 18.7 Å². The molecular formula is C20H18N4O2. The third-order valence-electron chi connectivity index (χ3n) is 4.29. The van der Waals surface area contributed by atoms with Crippen LogP contribution in [0.4, 0.5) is 0 Å². The summed E-state index contributed by atoms with van der Waals surface area (Å²) in [6, 6.07) is 17.0. The SMILES string of the molecule is C[C@H](C(=O)NCc1coc(-c2ccccc2)n1)n1cnc2ccccc21. The van der Waals surface area contributed by atoms with Crippen LogP contribution < -0.4 is 5.32 Å². The Bertz CT molecular complexity index is 1040. The molecule has 2 heterocycles. The first-order valence-electron chi connectivity index (χ1n) is 8.41. The van der Waals surface area contributed by atoms with Gasteiger partial charge in [0.05, 0.1) is 29.6 Å². The number of hydrogen-bond acceptors (Lipinski definition) is 4. The van der Waals surface area contributed by atoms with Gasteiger partial charge in [-0.25, -0.2) is 9.97 Å². The lowest BCUT2D eigenvalue weighted by molar-refractivity contribution is -0.123. The number of oxazole rings is 1. The predicted molar refractivity (Wildman–Crippen MR) is 98.2 cm³/mol. The molecule has 1 N–H and O–H groups in total. The van der Waals surface area contributed by atoms with E-state index in [-0.39, 0.29) is 11.9 Å². The minimum absolute atomic E-state index is 0.0996. The largest absolute Gasteiger partial charge is 0.444 e. The number of rotatable bonds is 5. The van der Waals surface area contributed by atoms with Gasteiger partial charge in [0.15, 0.2) is 0 Å². The minimum atomic E-state index is -0.372. The lowest BCUT2D eigenvalue weighted by atomic mass is 10.2. The zero-order valence-electron chi connectivity index (χ0n) is 14.3.